The highest BCUT2D eigenvalue weighted by molar-refractivity contribution is 6.42. The standard InChI is InChI=1S/C26H19Cl2F2NO4/c27-17-7-5-14(11-18(17)28)22-13-19(16-3-1-2-4-20(16)33-22)31-24(32)25(9-10-25)15-6-8-21-23(12-15)35-26(29,30)34-21/h1-8,11-12,19,22H,9-10,13H2,(H,31,32). The van der Waals surface area contributed by atoms with Gasteiger partial charge in [0.25, 0.3) is 0 Å². The van der Waals surface area contributed by atoms with Crippen molar-refractivity contribution < 1.29 is 27.8 Å². The Morgan fingerprint density at radius 2 is 1.69 bits per heavy atom. The Morgan fingerprint density at radius 3 is 2.46 bits per heavy atom. The van der Waals surface area contributed by atoms with Gasteiger partial charge in [-0.25, -0.2) is 0 Å². The predicted molar refractivity (Wildman–Crippen MR) is 125 cm³/mol. The first kappa shape index (κ1) is 22.4. The molecule has 0 radical (unpaired) electrons. The summed E-state index contributed by atoms with van der Waals surface area (Å²) in [6.45, 7) is 0. The molecular weight excluding hydrogens is 499 g/mol. The van der Waals surface area contributed by atoms with Crippen LogP contribution in [0.4, 0.5) is 8.78 Å². The zero-order valence-electron chi connectivity index (χ0n) is 18.2. The smallest absolute Gasteiger partial charge is 0.485 e. The Labute approximate surface area is 209 Å². The molecule has 3 aromatic rings. The molecule has 5 nitrogen and oxygen atoms in total. The average Bonchev–Trinajstić information content (AvgIpc) is 3.58. The summed E-state index contributed by atoms with van der Waals surface area (Å²) >= 11 is 12.3. The van der Waals surface area contributed by atoms with E-state index in [0.29, 0.717) is 40.6 Å². The van der Waals surface area contributed by atoms with Crippen LogP contribution in [0.1, 0.15) is 48.1 Å². The van der Waals surface area contributed by atoms with E-state index in [1.807, 2.05) is 30.3 Å². The van der Waals surface area contributed by atoms with Gasteiger partial charge in [-0.3, -0.25) is 4.79 Å². The number of fused-ring (bicyclic) bond motifs is 2. The van der Waals surface area contributed by atoms with Crippen molar-refractivity contribution in [1.82, 2.24) is 5.32 Å². The lowest BCUT2D eigenvalue weighted by Crippen LogP contribution is -2.39. The van der Waals surface area contributed by atoms with Crippen LogP contribution in [0, 0.1) is 0 Å². The van der Waals surface area contributed by atoms with Crippen LogP contribution in [0.5, 0.6) is 17.2 Å². The van der Waals surface area contributed by atoms with E-state index in [1.54, 1.807) is 18.2 Å². The molecule has 0 spiro atoms. The lowest BCUT2D eigenvalue weighted by molar-refractivity contribution is -0.286. The lowest BCUT2D eigenvalue weighted by atomic mass is 9.90. The maximum Gasteiger partial charge on any atom is 0.586 e. The quantitative estimate of drug-likeness (QED) is 0.416. The summed E-state index contributed by atoms with van der Waals surface area (Å²) in [7, 11) is 0. The Kier molecular flexibility index (Phi) is 5.13. The summed E-state index contributed by atoms with van der Waals surface area (Å²) in [5.41, 5.74) is 1.54. The first-order chi connectivity index (χ1) is 16.7. The highest BCUT2D eigenvalue weighted by Gasteiger charge is 2.53. The summed E-state index contributed by atoms with van der Waals surface area (Å²) in [6, 6.07) is 17.1. The van der Waals surface area contributed by atoms with E-state index < -0.39 is 11.7 Å². The Balaban J connectivity index is 1.27. The third-order valence-corrected chi connectivity index (χ3v) is 7.51. The molecule has 1 saturated carbocycles. The summed E-state index contributed by atoms with van der Waals surface area (Å²) in [5, 5.41) is 4.07. The molecule has 6 rings (SSSR count). The van der Waals surface area contributed by atoms with Crippen LogP contribution in [-0.4, -0.2) is 12.2 Å². The molecule has 1 aliphatic carbocycles. The fourth-order valence-corrected chi connectivity index (χ4v) is 5.09. The van der Waals surface area contributed by atoms with Crippen LogP contribution in [0.25, 0.3) is 0 Å². The zero-order valence-corrected chi connectivity index (χ0v) is 19.7. The van der Waals surface area contributed by atoms with E-state index in [0.717, 1.165) is 11.1 Å². The minimum absolute atomic E-state index is 0.0437. The summed E-state index contributed by atoms with van der Waals surface area (Å²) in [4.78, 5) is 13.6. The Hall–Kier alpha value is -3.03. The minimum Gasteiger partial charge on any atom is -0.485 e. The number of nitrogens with one attached hydrogen (secondary N) is 1. The average molecular weight is 518 g/mol. The fraction of sp³-hybridized carbons (Fsp3) is 0.269. The molecule has 35 heavy (non-hydrogen) atoms. The topological polar surface area (TPSA) is 56.8 Å². The largest absolute Gasteiger partial charge is 0.586 e. The molecule has 2 unspecified atom stereocenters. The first-order valence-corrected chi connectivity index (χ1v) is 11.9. The molecule has 1 fully saturated rings. The van der Waals surface area contributed by atoms with E-state index >= 15 is 0 Å². The molecule has 1 N–H and O–H groups in total. The van der Waals surface area contributed by atoms with E-state index in [-0.39, 0.29) is 29.6 Å². The van der Waals surface area contributed by atoms with E-state index in [1.165, 1.54) is 12.1 Å². The highest BCUT2D eigenvalue weighted by Crippen LogP contribution is 2.52. The van der Waals surface area contributed by atoms with Gasteiger partial charge in [-0.15, -0.1) is 8.78 Å². The lowest BCUT2D eigenvalue weighted by Gasteiger charge is -2.34. The number of alkyl halides is 2. The summed E-state index contributed by atoms with van der Waals surface area (Å²) < 4.78 is 42.2. The molecule has 3 aliphatic rings. The zero-order chi connectivity index (χ0) is 24.4. The summed E-state index contributed by atoms with van der Waals surface area (Å²) in [6.07, 6.45) is -2.34. The van der Waals surface area contributed by atoms with E-state index in [4.69, 9.17) is 27.9 Å². The van der Waals surface area contributed by atoms with Crippen molar-refractivity contribution in [3.8, 4) is 17.2 Å². The third kappa shape index (κ3) is 3.96. The fourth-order valence-electron chi connectivity index (χ4n) is 4.79. The third-order valence-electron chi connectivity index (χ3n) is 6.77. The molecule has 1 amide bonds. The van der Waals surface area contributed by atoms with Crippen molar-refractivity contribution in [2.75, 3.05) is 0 Å². The van der Waals surface area contributed by atoms with Crippen LogP contribution >= 0.6 is 23.2 Å². The van der Waals surface area contributed by atoms with Gasteiger partial charge >= 0.3 is 6.29 Å². The molecule has 0 saturated heterocycles. The van der Waals surface area contributed by atoms with Crippen LogP contribution in [0.15, 0.2) is 60.7 Å². The Bertz CT molecular complexity index is 1340. The summed E-state index contributed by atoms with van der Waals surface area (Å²) in [5.74, 6) is 0.397. The predicted octanol–water partition coefficient (Wildman–Crippen LogP) is 6.73. The van der Waals surface area contributed by atoms with Gasteiger partial charge in [-0.2, -0.15) is 0 Å². The van der Waals surface area contributed by atoms with Crippen LogP contribution in [0.2, 0.25) is 10.0 Å². The second kappa shape index (κ2) is 8.00. The van der Waals surface area contributed by atoms with Gasteiger partial charge in [-0.05, 0) is 54.3 Å². The van der Waals surface area contributed by atoms with Crippen molar-refractivity contribution in [3.63, 3.8) is 0 Å². The van der Waals surface area contributed by atoms with Crippen molar-refractivity contribution in [2.45, 2.75) is 43.1 Å². The first-order valence-electron chi connectivity index (χ1n) is 11.2. The number of para-hydroxylation sites is 1. The van der Waals surface area contributed by atoms with Crippen molar-refractivity contribution in [2.24, 2.45) is 0 Å². The number of ether oxygens (including phenoxy) is 3. The molecule has 180 valence electrons. The number of carbonyl (C=O) groups is 1. The molecule has 9 heteroatoms. The number of carbonyl (C=O) groups excluding carboxylic acids is 1. The molecule has 2 aliphatic heterocycles. The number of hydrogen-bond donors (Lipinski definition) is 1. The number of amides is 1. The molecule has 2 heterocycles. The van der Waals surface area contributed by atoms with Gasteiger partial charge < -0.3 is 19.5 Å². The number of rotatable bonds is 4. The molecule has 2 atom stereocenters. The maximum absolute atomic E-state index is 13.6. The number of hydrogen-bond acceptors (Lipinski definition) is 4. The van der Waals surface area contributed by atoms with Crippen LogP contribution in [0.3, 0.4) is 0 Å². The molecule has 0 bridgehead atoms. The number of benzene rings is 3. The van der Waals surface area contributed by atoms with Crippen molar-refractivity contribution in [1.29, 1.82) is 0 Å². The van der Waals surface area contributed by atoms with E-state index in [9.17, 15) is 13.6 Å². The highest BCUT2D eigenvalue weighted by atomic mass is 35.5. The maximum atomic E-state index is 13.6. The van der Waals surface area contributed by atoms with Crippen LogP contribution in [-0.2, 0) is 10.2 Å². The monoisotopic (exact) mass is 517 g/mol. The molecular formula is C26H19Cl2F2NO4. The minimum atomic E-state index is -3.70. The molecule has 3 aromatic carbocycles. The van der Waals surface area contributed by atoms with Gasteiger partial charge in [0.15, 0.2) is 11.5 Å². The van der Waals surface area contributed by atoms with Gasteiger partial charge in [0.1, 0.15) is 11.9 Å². The molecule has 0 aromatic heterocycles. The normalized spacial score (nSPS) is 22.6. The van der Waals surface area contributed by atoms with Gasteiger partial charge in [0.2, 0.25) is 5.91 Å². The van der Waals surface area contributed by atoms with Gasteiger partial charge in [-0.1, -0.05) is 53.5 Å². The second-order valence-corrected chi connectivity index (χ2v) is 9.81. The second-order valence-electron chi connectivity index (χ2n) is 8.99. The van der Waals surface area contributed by atoms with Gasteiger partial charge in [0, 0.05) is 12.0 Å². The SMILES string of the molecule is O=C(NC1CC(c2ccc(Cl)c(Cl)c2)Oc2ccccc21)C1(c2ccc3c(c2)OC(F)(F)O3)CC1. The number of halogens is 4. The van der Waals surface area contributed by atoms with Gasteiger partial charge in [0.05, 0.1) is 21.5 Å². The van der Waals surface area contributed by atoms with Crippen molar-refractivity contribution >= 4 is 29.1 Å². The van der Waals surface area contributed by atoms with Crippen LogP contribution < -0.4 is 19.5 Å². The Morgan fingerprint density at radius 1 is 0.914 bits per heavy atom. The van der Waals surface area contributed by atoms with Crippen molar-refractivity contribution in [3.05, 3.63) is 87.4 Å². The van der Waals surface area contributed by atoms with E-state index in [2.05, 4.69) is 14.8 Å².